The van der Waals surface area contributed by atoms with Gasteiger partial charge in [-0.15, -0.1) is 0 Å². The summed E-state index contributed by atoms with van der Waals surface area (Å²) < 4.78 is 19.5. The Morgan fingerprint density at radius 2 is 1.91 bits per heavy atom. The number of rotatable bonds is 10. The molecule has 166 valence electrons. The quantitative estimate of drug-likeness (QED) is 0.415. The first-order valence-corrected chi connectivity index (χ1v) is 10.1. The molecule has 1 aromatic carbocycles. The first-order chi connectivity index (χ1) is 15.5. The number of aryl methyl sites for hydroxylation is 1. The van der Waals surface area contributed by atoms with E-state index in [2.05, 4.69) is 21.8 Å². The van der Waals surface area contributed by atoms with E-state index < -0.39 is 0 Å². The Morgan fingerprint density at radius 3 is 2.59 bits per heavy atom. The van der Waals surface area contributed by atoms with Crippen LogP contribution >= 0.6 is 0 Å². The normalized spacial score (nSPS) is 10.5. The van der Waals surface area contributed by atoms with Crippen LogP contribution in [0.15, 0.2) is 47.1 Å². The molecule has 0 radical (unpaired) electrons. The third kappa shape index (κ3) is 5.72. The van der Waals surface area contributed by atoms with Crippen LogP contribution in [0, 0.1) is 17.1 Å². The lowest BCUT2D eigenvalue weighted by Crippen LogP contribution is -2.28. The number of nitrogens with one attached hydrogen (secondary N) is 2. The Balaban J connectivity index is 1.41. The Hall–Kier alpha value is -4.13. The van der Waals surface area contributed by atoms with Gasteiger partial charge in [-0.3, -0.25) is 9.59 Å². The molecule has 32 heavy (non-hydrogen) atoms. The second kappa shape index (κ2) is 10.8. The fraction of sp³-hybridized carbons (Fsp3) is 0.273. The molecular formula is C22H23FN6O3. The van der Waals surface area contributed by atoms with Crippen LogP contribution < -0.4 is 16.4 Å². The molecule has 0 aliphatic carbocycles. The SMILES string of the molecule is N#Cc1c(CCCNC(=O)CCCNC(=O)c2ccco2)nn(-c2ccc(F)cc2)c1N. The fourth-order valence-corrected chi connectivity index (χ4v) is 3.07. The molecule has 9 nitrogen and oxygen atoms in total. The summed E-state index contributed by atoms with van der Waals surface area (Å²) in [5.41, 5.74) is 7.38. The van der Waals surface area contributed by atoms with Gasteiger partial charge in [-0.05, 0) is 55.7 Å². The minimum Gasteiger partial charge on any atom is -0.459 e. The van der Waals surface area contributed by atoms with Crippen molar-refractivity contribution in [2.75, 3.05) is 18.8 Å². The molecule has 10 heteroatoms. The number of nitrogen functional groups attached to an aromatic ring is 1. The molecule has 0 saturated heterocycles. The largest absolute Gasteiger partial charge is 0.459 e. The van der Waals surface area contributed by atoms with Gasteiger partial charge in [0.15, 0.2) is 5.76 Å². The number of aromatic nitrogens is 2. The highest BCUT2D eigenvalue weighted by Crippen LogP contribution is 2.21. The summed E-state index contributed by atoms with van der Waals surface area (Å²) in [6.45, 7) is 0.768. The van der Waals surface area contributed by atoms with E-state index in [1.807, 2.05) is 0 Å². The first kappa shape index (κ1) is 22.6. The van der Waals surface area contributed by atoms with Crippen molar-refractivity contribution in [3.63, 3.8) is 0 Å². The standard InChI is InChI=1S/C22H23FN6O3/c23-15-7-9-16(10-8-15)29-21(25)17(14-24)18(28-29)4-1-11-26-20(30)6-2-12-27-22(31)19-5-3-13-32-19/h3,5,7-10,13H,1-2,4,6,11-12,25H2,(H,26,30)(H,27,31). The molecule has 0 unspecified atom stereocenters. The molecule has 0 fully saturated rings. The van der Waals surface area contributed by atoms with Crippen molar-refractivity contribution < 1.29 is 18.4 Å². The number of carbonyl (C=O) groups excluding carboxylic acids is 2. The van der Waals surface area contributed by atoms with Gasteiger partial charge in [-0.1, -0.05) is 0 Å². The molecule has 0 aliphatic heterocycles. The van der Waals surface area contributed by atoms with Gasteiger partial charge in [0.2, 0.25) is 5.91 Å². The van der Waals surface area contributed by atoms with E-state index >= 15 is 0 Å². The predicted molar refractivity (Wildman–Crippen MR) is 114 cm³/mol. The molecule has 0 bridgehead atoms. The number of amides is 2. The van der Waals surface area contributed by atoms with Crippen LogP contribution in [0.1, 0.15) is 41.1 Å². The maximum absolute atomic E-state index is 13.1. The average Bonchev–Trinajstić information content (AvgIpc) is 3.43. The summed E-state index contributed by atoms with van der Waals surface area (Å²) in [5.74, 6) is -0.406. The molecule has 2 aromatic heterocycles. The number of carbonyl (C=O) groups is 2. The van der Waals surface area contributed by atoms with Crippen molar-refractivity contribution in [1.82, 2.24) is 20.4 Å². The molecule has 2 amide bonds. The minimum absolute atomic E-state index is 0.130. The van der Waals surface area contributed by atoms with Crippen molar-refractivity contribution >= 4 is 17.6 Å². The van der Waals surface area contributed by atoms with Crippen molar-refractivity contribution in [3.05, 3.63) is 65.5 Å². The number of halogens is 1. The van der Waals surface area contributed by atoms with Crippen LogP contribution in [-0.4, -0.2) is 34.7 Å². The van der Waals surface area contributed by atoms with Crippen molar-refractivity contribution in [2.24, 2.45) is 0 Å². The van der Waals surface area contributed by atoms with Crippen molar-refractivity contribution in [1.29, 1.82) is 5.26 Å². The lowest BCUT2D eigenvalue weighted by atomic mass is 10.1. The number of nitrogens with zero attached hydrogens (tertiary/aromatic N) is 3. The lowest BCUT2D eigenvalue weighted by Gasteiger charge is -2.05. The van der Waals surface area contributed by atoms with Gasteiger partial charge in [0.1, 0.15) is 23.3 Å². The van der Waals surface area contributed by atoms with E-state index in [1.54, 1.807) is 12.1 Å². The molecule has 0 aliphatic rings. The fourth-order valence-electron chi connectivity index (χ4n) is 3.07. The second-order valence-corrected chi connectivity index (χ2v) is 7.00. The second-order valence-electron chi connectivity index (χ2n) is 7.00. The predicted octanol–water partition coefficient (Wildman–Crippen LogP) is 2.32. The van der Waals surface area contributed by atoms with Gasteiger partial charge < -0.3 is 20.8 Å². The lowest BCUT2D eigenvalue weighted by molar-refractivity contribution is -0.121. The van der Waals surface area contributed by atoms with Gasteiger partial charge in [0.25, 0.3) is 5.91 Å². The van der Waals surface area contributed by atoms with Crippen LogP contribution in [0.2, 0.25) is 0 Å². The van der Waals surface area contributed by atoms with Crippen LogP contribution in [-0.2, 0) is 11.2 Å². The summed E-state index contributed by atoms with van der Waals surface area (Å²) in [5, 5.41) is 19.3. The highest BCUT2D eigenvalue weighted by Gasteiger charge is 2.16. The van der Waals surface area contributed by atoms with Crippen molar-refractivity contribution in [3.8, 4) is 11.8 Å². The molecule has 0 saturated carbocycles. The van der Waals surface area contributed by atoms with Crippen LogP contribution in [0.4, 0.5) is 10.2 Å². The molecule has 3 rings (SSSR count). The topological polar surface area (TPSA) is 139 Å². The summed E-state index contributed by atoms with van der Waals surface area (Å²) in [6.07, 6.45) is 3.20. The Morgan fingerprint density at radius 1 is 1.16 bits per heavy atom. The molecule has 0 spiro atoms. The van der Waals surface area contributed by atoms with E-state index in [4.69, 9.17) is 10.2 Å². The number of nitriles is 1. The van der Waals surface area contributed by atoms with E-state index in [0.29, 0.717) is 43.7 Å². The van der Waals surface area contributed by atoms with Crippen LogP contribution in [0.5, 0.6) is 0 Å². The number of hydrogen-bond donors (Lipinski definition) is 3. The van der Waals surface area contributed by atoms with Crippen LogP contribution in [0.25, 0.3) is 5.69 Å². The number of hydrogen-bond acceptors (Lipinski definition) is 6. The van der Waals surface area contributed by atoms with Gasteiger partial charge in [-0.2, -0.15) is 10.4 Å². The highest BCUT2D eigenvalue weighted by molar-refractivity contribution is 5.91. The van der Waals surface area contributed by atoms with E-state index in [-0.39, 0.29) is 41.2 Å². The van der Waals surface area contributed by atoms with E-state index in [1.165, 1.54) is 35.2 Å². The summed E-state index contributed by atoms with van der Waals surface area (Å²) in [6, 6.07) is 10.9. The smallest absolute Gasteiger partial charge is 0.286 e. The van der Waals surface area contributed by atoms with E-state index in [0.717, 1.165) is 0 Å². The Bertz CT molecular complexity index is 1100. The van der Waals surface area contributed by atoms with Gasteiger partial charge in [-0.25, -0.2) is 9.07 Å². The molecule has 3 aromatic rings. The van der Waals surface area contributed by atoms with Gasteiger partial charge in [0, 0.05) is 19.5 Å². The number of benzene rings is 1. The molecule has 0 atom stereocenters. The number of furan rings is 1. The minimum atomic E-state index is -0.379. The maximum atomic E-state index is 13.1. The third-order valence-electron chi connectivity index (χ3n) is 4.70. The zero-order chi connectivity index (χ0) is 22.9. The highest BCUT2D eigenvalue weighted by atomic mass is 19.1. The number of nitrogens with two attached hydrogens (primary N) is 1. The monoisotopic (exact) mass is 438 g/mol. The van der Waals surface area contributed by atoms with Crippen molar-refractivity contribution in [2.45, 2.75) is 25.7 Å². The summed E-state index contributed by atoms with van der Waals surface area (Å²) in [4.78, 5) is 23.7. The Labute approximate surface area is 184 Å². The van der Waals surface area contributed by atoms with Gasteiger partial charge in [0.05, 0.1) is 17.6 Å². The first-order valence-electron chi connectivity index (χ1n) is 10.1. The van der Waals surface area contributed by atoms with Crippen LogP contribution in [0.3, 0.4) is 0 Å². The Kier molecular flexibility index (Phi) is 7.59. The molecular weight excluding hydrogens is 415 g/mol. The average molecular weight is 438 g/mol. The summed E-state index contributed by atoms with van der Waals surface area (Å²) >= 11 is 0. The summed E-state index contributed by atoms with van der Waals surface area (Å²) in [7, 11) is 0. The van der Waals surface area contributed by atoms with Gasteiger partial charge >= 0.3 is 0 Å². The zero-order valence-corrected chi connectivity index (χ0v) is 17.3. The maximum Gasteiger partial charge on any atom is 0.286 e. The molecule has 2 heterocycles. The van der Waals surface area contributed by atoms with E-state index in [9.17, 15) is 19.2 Å². The molecule has 4 N–H and O–H groups in total. The third-order valence-corrected chi connectivity index (χ3v) is 4.70. The zero-order valence-electron chi connectivity index (χ0n) is 17.3. The number of anilines is 1.